The third-order valence-corrected chi connectivity index (χ3v) is 8.33. The van der Waals surface area contributed by atoms with Crippen LogP contribution in [0.5, 0.6) is 0 Å². The monoisotopic (exact) mass is 536 g/mol. The smallest absolute Gasteiger partial charge is 0.251 e. The maximum atomic E-state index is 13.0. The third kappa shape index (κ3) is 7.28. The van der Waals surface area contributed by atoms with Gasteiger partial charge in [-0.2, -0.15) is 0 Å². The van der Waals surface area contributed by atoms with Crippen LogP contribution in [-0.4, -0.2) is 54.5 Å². The van der Waals surface area contributed by atoms with Gasteiger partial charge < -0.3 is 15.5 Å². The van der Waals surface area contributed by atoms with Gasteiger partial charge in [0.1, 0.15) is 0 Å². The molecule has 7 heteroatoms. The number of allylic oxidation sites excluding steroid dienone is 1. The van der Waals surface area contributed by atoms with Crippen molar-refractivity contribution in [3.8, 4) is 0 Å². The Morgan fingerprint density at radius 1 is 1.16 bits per heavy atom. The van der Waals surface area contributed by atoms with Crippen molar-refractivity contribution in [2.75, 3.05) is 38.0 Å². The first-order chi connectivity index (χ1) is 18.0. The number of carbonyl (C=O) groups excluding carboxylic acids is 1. The van der Waals surface area contributed by atoms with Gasteiger partial charge in [0.05, 0.1) is 10.9 Å². The minimum atomic E-state index is -0.0197. The first-order valence-electron chi connectivity index (χ1n) is 13.2. The summed E-state index contributed by atoms with van der Waals surface area (Å²) in [6, 6.07) is 14.4. The van der Waals surface area contributed by atoms with Gasteiger partial charge in [-0.25, -0.2) is 0 Å². The molecule has 0 bridgehead atoms. The minimum Gasteiger partial charge on any atom is -0.384 e. The number of rotatable bonds is 11. The molecule has 4 rings (SSSR count). The molecule has 1 aliphatic heterocycles. The van der Waals surface area contributed by atoms with Crippen LogP contribution in [-0.2, 0) is 4.79 Å². The number of hydrogen-bond donors (Lipinski definition) is 2. The third-order valence-electron chi connectivity index (χ3n) is 6.77. The molecule has 2 aromatic carbocycles. The Morgan fingerprint density at radius 2 is 1.97 bits per heavy atom. The van der Waals surface area contributed by atoms with E-state index in [1.54, 1.807) is 0 Å². The summed E-state index contributed by atoms with van der Waals surface area (Å²) in [5.41, 5.74) is 6.33. The van der Waals surface area contributed by atoms with Crippen molar-refractivity contribution < 1.29 is 4.79 Å². The van der Waals surface area contributed by atoms with Crippen molar-refractivity contribution in [2.24, 2.45) is 4.99 Å². The summed E-state index contributed by atoms with van der Waals surface area (Å²) >= 11 is 7.99. The predicted molar refractivity (Wildman–Crippen MR) is 158 cm³/mol. The van der Waals surface area contributed by atoms with Crippen molar-refractivity contribution in [3.05, 3.63) is 82.0 Å². The molecule has 196 valence electrons. The number of nitrogens with zero attached hydrogens (tertiary/aromatic N) is 2. The van der Waals surface area contributed by atoms with E-state index in [1.807, 2.05) is 36.0 Å². The summed E-state index contributed by atoms with van der Waals surface area (Å²) in [5.74, 6) is -0.0197. The molecule has 1 heterocycles. The zero-order valence-corrected chi connectivity index (χ0v) is 23.6. The number of anilines is 1. The number of aryl methyl sites for hydroxylation is 1. The van der Waals surface area contributed by atoms with Gasteiger partial charge in [-0.05, 0) is 56.1 Å². The maximum Gasteiger partial charge on any atom is 0.251 e. The minimum absolute atomic E-state index is 0.0197. The lowest BCUT2D eigenvalue weighted by Gasteiger charge is -2.22. The molecule has 2 N–H and O–H groups in total. The quantitative estimate of drug-likeness (QED) is 0.345. The topological polar surface area (TPSA) is 56.7 Å². The van der Waals surface area contributed by atoms with Crippen LogP contribution in [0.2, 0.25) is 5.02 Å². The lowest BCUT2D eigenvalue weighted by Crippen LogP contribution is -2.37. The molecule has 1 amide bonds. The molecule has 1 atom stereocenters. The summed E-state index contributed by atoms with van der Waals surface area (Å²) in [4.78, 5) is 21.7. The second-order valence-electron chi connectivity index (χ2n) is 9.45. The Labute approximate surface area is 230 Å². The molecule has 5 nitrogen and oxygen atoms in total. The molecule has 37 heavy (non-hydrogen) atoms. The number of aliphatic imine (C=N–C) groups is 1. The zero-order chi connectivity index (χ0) is 26.2. The van der Waals surface area contributed by atoms with E-state index in [2.05, 4.69) is 66.6 Å². The van der Waals surface area contributed by atoms with Gasteiger partial charge in [0.25, 0.3) is 5.91 Å². The normalized spacial score (nSPS) is 16.7. The van der Waals surface area contributed by atoms with Gasteiger partial charge in [0, 0.05) is 58.6 Å². The van der Waals surface area contributed by atoms with E-state index in [-0.39, 0.29) is 11.2 Å². The van der Waals surface area contributed by atoms with Gasteiger partial charge >= 0.3 is 0 Å². The lowest BCUT2D eigenvalue weighted by molar-refractivity contribution is -0.117. The highest BCUT2D eigenvalue weighted by Crippen LogP contribution is 2.39. The van der Waals surface area contributed by atoms with Crippen molar-refractivity contribution in [1.29, 1.82) is 0 Å². The van der Waals surface area contributed by atoms with Gasteiger partial charge in [-0.15, -0.1) is 11.8 Å². The van der Waals surface area contributed by atoms with E-state index >= 15 is 0 Å². The van der Waals surface area contributed by atoms with Crippen LogP contribution >= 0.6 is 23.4 Å². The van der Waals surface area contributed by atoms with Crippen LogP contribution in [0.3, 0.4) is 0 Å². The van der Waals surface area contributed by atoms with Gasteiger partial charge in [0.2, 0.25) is 0 Å². The average Bonchev–Trinajstić information content (AvgIpc) is 3.05. The molecule has 1 unspecified atom stereocenters. The largest absolute Gasteiger partial charge is 0.384 e. The molecule has 1 aliphatic carbocycles. The summed E-state index contributed by atoms with van der Waals surface area (Å²) in [7, 11) is 0. The van der Waals surface area contributed by atoms with E-state index in [4.69, 9.17) is 16.6 Å². The Balaban J connectivity index is 1.30. The molecule has 0 saturated carbocycles. The van der Waals surface area contributed by atoms with Crippen molar-refractivity contribution in [3.63, 3.8) is 0 Å². The van der Waals surface area contributed by atoms with Crippen LogP contribution in [0, 0.1) is 6.92 Å². The number of halogens is 1. The second kappa shape index (κ2) is 13.3. The summed E-state index contributed by atoms with van der Waals surface area (Å²) in [5, 5.41) is 7.58. The zero-order valence-electron chi connectivity index (χ0n) is 22.0. The van der Waals surface area contributed by atoms with Crippen LogP contribution in [0.1, 0.15) is 44.2 Å². The van der Waals surface area contributed by atoms with E-state index in [1.165, 1.54) is 16.0 Å². The first-order valence-corrected chi connectivity index (χ1v) is 14.5. The number of nitrogens with one attached hydrogen (secondary N) is 2. The Hall–Kier alpha value is -2.54. The molecule has 0 aromatic heterocycles. The van der Waals surface area contributed by atoms with E-state index in [0.29, 0.717) is 6.54 Å². The van der Waals surface area contributed by atoms with Crippen LogP contribution < -0.4 is 10.6 Å². The van der Waals surface area contributed by atoms with Gasteiger partial charge in [0.15, 0.2) is 0 Å². The number of thioether (sulfide) groups is 1. The highest BCUT2D eigenvalue weighted by Gasteiger charge is 2.26. The Morgan fingerprint density at radius 3 is 2.78 bits per heavy atom. The van der Waals surface area contributed by atoms with Crippen LogP contribution in [0.15, 0.2) is 75.8 Å². The van der Waals surface area contributed by atoms with Gasteiger partial charge in [-0.1, -0.05) is 62.2 Å². The molecule has 2 aliphatic rings. The number of likely N-dealkylation sites (N-methyl/N-ethyl adjacent to an activating group) is 1. The number of amides is 1. The molecule has 0 spiro atoms. The Bertz CT molecular complexity index is 1210. The summed E-state index contributed by atoms with van der Waals surface area (Å²) < 4.78 is 0. The standard InChI is InChI=1S/C30H37ClN4OS/c1-4-8-25-24-9-6-7-10-28(24)37-29-14-12-22(19-27(29)34-25)30(36)33-16-18-35(5-2)17-15-32-26-20-23(31)13-11-21(26)3/h6-7,9-13,19-20,29,32H,4-5,8,14-18H2,1-3H3,(H,33,36). The number of carbonyl (C=O) groups is 1. The fourth-order valence-electron chi connectivity index (χ4n) is 4.63. The summed E-state index contributed by atoms with van der Waals surface area (Å²) in [6.07, 6.45) is 6.85. The molecule has 0 radical (unpaired) electrons. The van der Waals surface area contributed by atoms with Crippen molar-refractivity contribution >= 4 is 40.7 Å². The van der Waals surface area contributed by atoms with Crippen LogP contribution in [0.25, 0.3) is 0 Å². The highest BCUT2D eigenvalue weighted by atomic mass is 35.5. The number of benzene rings is 2. The van der Waals surface area contributed by atoms with E-state index in [0.717, 1.165) is 73.1 Å². The Kier molecular flexibility index (Phi) is 9.89. The number of hydrogen-bond acceptors (Lipinski definition) is 5. The fourth-order valence-corrected chi connectivity index (χ4v) is 6.01. The van der Waals surface area contributed by atoms with Crippen molar-refractivity contribution in [1.82, 2.24) is 10.2 Å². The first kappa shape index (κ1) is 27.5. The highest BCUT2D eigenvalue weighted by molar-refractivity contribution is 8.00. The lowest BCUT2D eigenvalue weighted by atomic mass is 10.0. The molecule has 0 saturated heterocycles. The van der Waals surface area contributed by atoms with E-state index < -0.39 is 0 Å². The predicted octanol–water partition coefficient (Wildman–Crippen LogP) is 6.48. The molecule has 2 aromatic rings. The SMILES string of the molecule is CCCC1=NC2=CC(C(=O)NCCN(CC)CCNc3cc(Cl)ccc3C)=CCC2Sc2ccccc21. The number of fused-ring (bicyclic) bond motifs is 2. The molecular weight excluding hydrogens is 500 g/mol. The van der Waals surface area contributed by atoms with Gasteiger partial charge in [-0.3, -0.25) is 9.79 Å². The van der Waals surface area contributed by atoms with Crippen LogP contribution in [0.4, 0.5) is 5.69 Å². The second-order valence-corrected chi connectivity index (χ2v) is 11.1. The fraction of sp³-hybridized carbons (Fsp3) is 0.400. The van der Waals surface area contributed by atoms with E-state index in [9.17, 15) is 4.79 Å². The maximum absolute atomic E-state index is 13.0. The van der Waals surface area contributed by atoms with Crippen molar-refractivity contribution in [2.45, 2.75) is 50.2 Å². The summed E-state index contributed by atoms with van der Waals surface area (Å²) in [6.45, 7) is 10.4. The molecular formula is C30H37ClN4OS. The molecule has 0 fully saturated rings. The average molecular weight is 537 g/mol.